The Morgan fingerprint density at radius 1 is 1.47 bits per heavy atom. The highest BCUT2D eigenvalue weighted by atomic mass is 16.3. The number of furan rings is 1. The van der Waals surface area contributed by atoms with Gasteiger partial charge in [0, 0.05) is 26.2 Å². The van der Waals surface area contributed by atoms with Crippen molar-refractivity contribution in [2.75, 3.05) is 32.7 Å². The number of fused-ring (bicyclic) bond motifs is 1. The Balaban J connectivity index is 1.62. The summed E-state index contributed by atoms with van der Waals surface area (Å²) in [5.41, 5.74) is 0. The fraction of sp³-hybridized carbons (Fsp3) is 0.583. The molecule has 3 rings (SSSR count). The van der Waals surface area contributed by atoms with Gasteiger partial charge < -0.3 is 14.6 Å². The van der Waals surface area contributed by atoms with E-state index in [9.17, 15) is 4.79 Å². The lowest BCUT2D eigenvalue weighted by atomic mass is 10.1. The maximum absolute atomic E-state index is 11.7. The van der Waals surface area contributed by atoms with Crippen LogP contribution in [0, 0.1) is 0 Å². The highest BCUT2D eigenvalue weighted by Gasteiger charge is 2.32. The molecule has 17 heavy (non-hydrogen) atoms. The lowest BCUT2D eigenvalue weighted by molar-refractivity contribution is -0.137. The SMILES string of the molecule is O=C1CNCC2CN(Cc3ccco3)CCN12. The quantitative estimate of drug-likeness (QED) is 0.777. The van der Waals surface area contributed by atoms with Crippen LogP contribution in [0.2, 0.25) is 0 Å². The van der Waals surface area contributed by atoms with Crippen LogP contribution in [0.3, 0.4) is 0 Å². The number of piperazine rings is 2. The van der Waals surface area contributed by atoms with E-state index in [0.29, 0.717) is 12.6 Å². The summed E-state index contributed by atoms with van der Waals surface area (Å²) in [6, 6.07) is 4.23. The number of hydrogen-bond acceptors (Lipinski definition) is 4. The van der Waals surface area contributed by atoms with Crippen LogP contribution in [0.5, 0.6) is 0 Å². The van der Waals surface area contributed by atoms with Gasteiger partial charge in [-0.25, -0.2) is 0 Å². The van der Waals surface area contributed by atoms with Crippen molar-refractivity contribution in [3.8, 4) is 0 Å². The summed E-state index contributed by atoms with van der Waals surface area (Å²) in [5.74, 6) is 1.23. The molecule has 0 saturated carbocycles. The summed E-state index contributed by atoms with van der Waals surface area (Å²) in [6.07, 6.45) is 1.71. The van der Waals surface area contributed by atoms with Gasteiger partial charge in [0.05, 0.1) is 25.4 Å². The zero-order chi connectivity index (χ0) is 11.7. The number of hydrogen-bond donors (Lipinski definition) is 1. The zero-order valence-electron chi connectivity index (χ0n) is 9.76. The molecule has 2 saturated heterocycles. The number of carbonyl (C=O) groups is 1. The first-order valence-electron chi connectivity index (χ1n) is 6.08. The van der Waals surface area contributed by atoms with E-state index in [1.165, 1.54) is 0 Å². The molecule has 0 radical (unpaired) electrons. The fourth-order valence-corrected chi connectivity index (χ4v) is 2.64. The van der Waals surface area contributed by atoms with Gasteiger partial charge in [0.15, 0.2) is 0 Å². The molecule has 3 heterocycles. The van der Waals surface area contributed by atoms with Crippen LogP contribution in [-0.2, 0) is 11.3 Å². The van der Waals surface area contributed by atoms with Gasteiger partial charge in [0.2, 0.25) is 5.91 Å². The van der Waals surface area contributed by atoms with E-state index in [-0.39, 0.29) is 5.91 Å². The molecule has 1 atom stereocenters. The number of carbonyl (C=O) groups excluding carboxylic acids is 1. The molecule has 2 aliphatic rings. The van der Waals surface area contributed by atoms with Gasteiger partial charge >= 0.3 is 0 Å². The number of rotatable bonds is 2. The molecule has 1 unspecified atom stereocenters. The van der Waals surface area contributed by atoms with Crippen molar-refractivity contribution in [2.24, 2.45) is 0 Å². The van der Waals surface area contributed by atoms with Crippen molar-refractivity contribution in [3.05, 3.63) is 24.2 Å². The Kier molecular flexibility index (Phi) is 2.86. The third-order valence-corrected chi connectivity index (χ3v) is 3.50. The third kappa shape index (κ3) is 2.21. The highest BCUT2D eigenvalue weighted by Crippen LogP contribution is 2.15. The fourth-order valence-electron chi connectivity index (χ4n) is 2.64. The summed E-state index contributed by atoms with van der Waals surface area (Å²) in [6.45, 7) is 4.94. The van der Waals surface area contributed by atoms with Crippen LogP contribution in [0.1, 0.15) is 5.76 Å². The average molecular weight is 235 g/mol. The minimum atomic E-state index is 0.235. The molecule has 1 N–H and O–H groups in total. The lowest BCUT2D eigenvalue weighted by Gasteiger charge is -2.43. The molecule has 0 spiro atoms. The summed E-state index contributed by atoms with van der Waals surface area (Å²) < 4.78 is 5.36. The smallest absolute Gasteiger partial charge is 0.236 e. The van der Waals surface area contributed by atoms with Crippen molar-refractivity contribution in [1.82, 2.24) is 15.1 Å². The maximum atomic E-state index is 11.7. The van der Waals surface area contributed by atoms with Crippen molar-refractivity contribution < 1.29 is 9.21 Å². The predicted molar refractivity (Wildman–Crippen MR) is 62.4 cm³/mol. The van der Waals surface area contributed by atoms with Gasteiger partial charge in [-0.3, -0.25) is 9.69 Å². The van der Waals surface area contributed by atoms with Gasteiger partial charge in [-0.05, 0) is 12.1 Å². The summed E-state index contributed by atoms with van der Waals surface area (Å²) in [4.78, 5) is 16.0. The van der Waals surface area contributed by atoms with Gasteiger partial charge in [0.1, 0.15) is 5.76 Å². The molecule has 1 aromatic heterocycles. The lowest BCUT2D eigenvalue weighted by Crippen LogP contribution is -2.63. The molecule has 5 nitrogen and oxygen atoms in total. The first kappa shape index (κ1) is 10.8. The van der Waals surface area contributed by atoms with Crippen molar-refractivity contribution >= 4 is 5.91 Å². The number of nitrogens with one attached hydrogen (secondary N) is 1. The monoisotopic (exact) mass is 235 g/mol. The van der Waals surface area contributed by atoms with E-state index in [0.717, 1.165) is 38.5 Å². The second-order valence-electron chi connectivity index (χ2n) is 4.69. The van der Waals surface area contributed by atoms with E-state index in [1.807, 2.05) is 17.0 Å². The molecule has 0 bridgehead atoms. The predicted octanol–water partition coefficient (Wildman–Crippen LogP) is -0.104. The first-order valence-corrected chi connectivity index (χ1v) is 6.08. The first-order chi connectivity index (χ1) is 8.33. The van der Waals surface area contributed by atoms with Crippen molar-refractivity contribution in [2.45, 2.75) is 12.6 Å². The van der Waals surface area contributed by atoms with E-state index in [4.69, 9.17) is 4.42 Å². The zero-order valence-corrected chi connectivity index (χ0v) is 9.76. The Labute approximate surface area is 100 Å². The molecule has 1 amide bonds. The minimum Gasteiger partial charge on any atom is -0.468 e. The topological polar surface area (TPSA) is 48.7 Å². The highest BCUT2D eigenvalue weighted by molar-refractivity contribution is 5.79. The van der Waals surface area contributed by atoms with Gasteiger partial charge in [-0.1, -0.05) is 0 Å². The van der Waals surface area contributed by atoms with E-state index in [2.05, 4.69) is 10.2 Å². The van der Waals surface area contributed by atoms with E-state index in [1.54, 1.807) is 6.26 Å². The van der Waals surface area contributed by atoms with Crippen molar-refractivity contribution in [3.63, 3.8) is 0 Å². The van der Waals surface area contributed by atoms with Crippen LogP contribution in [0.15, 0.2) is 22.8 Å². The Morgan fingerprint density at radius 2 is 2.41 bits per heavy atom. The second kappa shape index (κ2) is 4.50. The standard InChI is InChI=1S/C12H17N3O2/c16-12-7-13-6-10-8-14(3-4-15(10)12)9-11-2-1-5-17-11/h1-2,5,10,13H,3-4,6-9H2. The largest absolute Gasteiger partial charge is 0.468 e. The molecule has 0 aliphatic carbocycles. The van der Waals surface area contributed by atoms with Crippen LogP contribution >= 0.6 is 0 Å². The third-order valence-electron chi connectivity index (χ3n) is 3.50. The van der Waals surface area contributed by atoms with Gasteiger partial charge in [0.25, 0.3) is 0 Å². The Bertz CT molecular complexity index is 390. The minimum absolute atomic E-state index is 0.235. The Hall–Kier alpha value is -1.33. The Morgan fingerprint density at radius 3 is 3.24 bits per heavy atom. The van der Waals surface area contributed by atoms with Crippen molar-refractivity contribution in [1.29, 1.82) is 0 Å². The molecule has 0 aromatic carbocycles. The van der Waals surface area contributed by atoms with Gasteiger partial charge in [-0.15, -0.1) is 0 Å². The molecular formula is C12H17N3O2. The van der Waals surface area contributed by atoms with E-state index >= 15 is 0 Å². The summed E-state index contributed by atoms with van der Waals surface area (Å²) in [5, 5.41) is 3.17. The molecule has 2 fully saturated rings. The molecular weight excluding hydrogens is 218 g/mol. The van der Waals surface area contributed by atoms with Crippen LogP contribution < -0.4 is 5.32 Å². The van der Waals surface area contributed by atoms with Crippen LogP contribution in [0.25, 0.3) is 0 Å². The second-order valence-corrected chi connectivity index (χ2v) is 4.69. The number of amides is 1. The van der Waals surface area contributed by atoms with Gasteiger partial charge in [-0.2, -0.15) is 0 Å². The summed E-state index contributed by atoms with van der Waals surface area (Å²) in [7, 11) is 0. The molecule has 5 heteroatoms. The normalized spacial score (nSPS) is 26.0. The van der Waals surface area contributed by atoms with E-state index < -0.39 is 0 Å². The molecule has 2 aliphatic heterocycles. The van der Waals surface area contributed by atoms with Crippen LogP contribution in [-0.4, -0.2) is 54.5 Å². The average Bonchev–Trinajstić information content (AvgIpc) is 2.82. The summed E-state index contributed by atoms with van der Waals surface area (Å²) >= 11 is 0. The molecule has 1 aromatic rings. The number of nitrogens with zero attached hydrogens (tertiary/aromatic N) is 2. The molecule has 92 valence electrons. The van der Waals surface area contributed by atoms with Crippen LogP contribution in [0.4, 0.5) is 0 Å². The maximum Gasteiger partial charge on any atom is 0.236 e.